The number of nitrogens with zero attached hydrogens (tertiary/aromatic N) is 5. The first kappa shape index (κ1) is 46.4. The van der Waals surface area contributed by atoms with Crippen LogP contribution in [0.3, 0.4) is 0 Å². The maximum absolute atomic E-state index is 14.6. The third kappa shape index (κ3) is 10.3. The molecule has 15 heteroatoms. The van der Waals surface area contributed by atoms with Crippen molar-refractivity contribution in [3.63, 3.8) is 0 Å². The largest absolute Gasteiger partial charge is 0.508 e. The minimum Gasteiger partial charge on any atom is -0.508 e. The Morgan fingerprint density at radius 2 is 1.89 bits per heavy atom. The summed E-state index contributed by atoms with van der Waals surface area (Å²) in [5, 5.41) is 16.5. The molecule has 0 radical (unpaired) electrons. The number of cyclic esters (lactones) is 1. The monoisotopic (exact) mass is 863 g/mol. The number of carbonyl (C=O) groups is 5. The third-order valence-electron chi connectivity index (χ3n) is 11.9. The Kier molecular flexibility index (Phi) is 14.4. The van der Waals surface area contributed by atoms with E-state index in [1.807, 2.05) is 18.2 Å². The number of rotatable bonds is 11. The van der Waals surface area contributed by atoms with Gasteiger partial charge in [-0.15, -0.1) is 0 Å². The molecule has 3 atom stereocenters. The number of likely N-dealkylation sites (N-methyl/N-ethyl adjacent to an activating group) is 2. The molecular formula is C48H61N7O8. The van der Waals surface area contributed by atoms with Gasteiger partial charge in [0.15, 0.2) is 0 Å². The Morgan fingerprint density at radius 3 is 2.59 bits per heavy atom. The Labute approximate surface area is 369 Å². The summed E-state index contributed by atoms with van der Waals surface area (Å²) in [6.45, 7) is 14.4. The van der Waals surface area contributed by atoms with Gasteiger partial charge in [0.1, 0.15) is 23.9 Å². The first-order valence-electron chi connectivity index (χ1n) is 21.6. The van der Waals surface area contributed by atoms with Gasteiger partial charge in [0.25, 0.3) is 5.91 Å². The summed E-state index contributed by atoms with van der Waals surface area (Å²) in [7, 11) is 4.61. The van der Waals surface area contributed by atoms with Gasteiger partial charge in [0, 0.05) is 68.8 Å². The van der Waals surface area contributed by atoms with Gasteiger partial charge in [0.05, 0.1) is 31.1 Å². The predicted molar refractivity (Wildman–Crippen MR) is 240 cm³/mol. The number of phenols is 1. The van der Waals surface area contributed by atoms with Crippen LogP contribution < -0.4 is 10.7 Å². The van der Waals surface area contributed by atoms with Crippen LogP contribution in [0.5, 0.6) is 5.75 Å². The number of ether oxygens (including phenoxy) is 2. The highest BCUT2D eigenvalue weighted by atomic mass is 16.5. The van der Waals surface area contributed by atoms with Crippen molar-refractivity contribution in [3.8, 4) is 28.1 Å². The van der Waals surface area contributed by atoms with Gasteiger partial charge in [-0.2, -0.15) is 0 Å². The van der Waals surface area contributed by atoms with Crippen molar-refractivity contribution in [1.82, 2.24) is 35.1 Å². The van der Waals surface area contributed by atoms with Crippen molar-refractivity contribution in [1.29, 1.82) is 0 Å². The Hall–Kier alpha value is -6.06. The molecule has 2 aromatic carbocycles. The first-order chi connectivity index (χ1) is 30.0. The number of phenolic OH excluding ortho intramolecular Hbond substituents is 1. The van der Waals surface area contributed by atoms with E-state index >= 15 is 0 Å². The third-order valence-corrected chi connectivity index (χ3v) is 11.9. The number of aromatic nitrogens is 2. The summed E-state index contributed by atoms with van der Waals surface area (Å²) in [5.74, 6) is -2.90. The van der Waals surface area contributed by atoms with E-state index < -0.39 is 53.1 Å². The lowest BCUT2D eigenvalue weighted by Gasteiger charge is -2.37. The Balaban J connectivity index is 1.47. The van der Waals surface area contributed by atoms with Crippen molar-refractivity contribution >= 4 is 40.5 Å². The molecule has 0 spiro atoms. The molecule has 63 heavy (non-hydrogen) atoms. The zero-order valence-electron chi connectivity index (χ0n) is 37.7. The zero-order chi connectivity index (χ0) is 45.7. The van der Waals surface area contributed by atoms with E-state index in [-0.39, 0.29) is 37.8 Å². The number of aryl methyl sites for hydroxylation is 1. The van der Waals surface area contributed by atoms with Gasteiger partial charge < -0.3 is 34.3 Å². The molecule has 0 unspecified atom stereocenters. The fourth-order valence-electron chi connectivity index (χ4n) is 8.80. The fourth-order valence-corrected chi connectivity index (χ4v) is 8.80. The number of methoxy groups -OCH3 is 1. The number of hydrogen-bond acceptors (Lipinski definition) is 10. The topological polar surface area (TPSA) is 176 Å². The van der Waals surface area contributed by atoms with Gasteiger partial charge >= 0.3 is 5.97 Å². The normalized spacial score (nSPS) is 18.3. The lowest BCUT2D eigenvalue weighted by atomic mass is 9.84. The molecule has 0 saturated carbocycles. The number of amides is 4. The standard InChI is InChI=1S/C48H61N7O8/c1-10-41(57)52(7)26-42(58)53(8)43(29(3)4)45(59)50-38-22-30-20-32(23-33(56)21-30)31-16-17-40-35(24-31)36(44(54(40)11-2)34-14-12-18-49-39(34)27-62-9)25-48(5,6)28-63-47(61)37-15-13-19-55(51-37)46(38)60/h10,12,14,16-18,20-21,23-24,29,37-38,43,51,56H,1,11,13,15,19,22,25-28H2,2-9H3,(H,50,59)/t37-,38-,43-/m0/s1. The molecule has 336 valence electrons. The molecule has 1 fully saturated rings. The lowest BCUT2D eigenvalue weighted by molar-refractivity contribution is -0.155. The van der Waals surface area contributed by atoms with Crippen LogP contribution >= 0.6 is 0 Å². The van der Waals surface area contributed by atoms with E-state index in [2.05, 4.69) is 60.9 Å². The van der Waals surface area contributed by atoms with Crippen LogP contribution in [-0.2, 0) is 59.4 Å². The van der Waals surface area contributed by atoms with E-state index in [1.54, 1.807) is 39.3 Å². The van der Waals surface area contributed by atoms with E-state index in [9.17, 15) is 29.1 Å². The maximum atomic E-state index is 14.6. The van der Waals surface area contributed by atoms with Gasteiger partial charge in [-0.3, -0.25) is 34.0 Å². The molecule has 4 heterocycles. The van der Waals surface area contributed by atoms with E-state index in [0.717, 1.165) is 45.1 Å². The summed E-state index contributed by atoms with van der Waals surface area (Å²) in [6.07, 6.45) is 4.31. The Bertz CT molecular complexity index is 2390. The predicted octanol–water partition coefficient (Wildman–Crippen LogP) is 5.02. The quantitative estimate of drug-likeness (QED) is 0.137. The zero-order valence-corrected chi connectivity index (χ0v) is 37.7. The van der Waals surface area contributed by atoms with E-state index in [1.165, 1.54) is 28.9 Å². The van der Waals surface area contributed by atoms with Crippen molar-refractivity contribution < 1.29 is 38.6 Å². The lowest BCUT2D eigenvalue weighted by Crippen LogP contribution is -2.62. The number of aromatic hydroxyl groups is 1. The molecule has 15 nitrogen and oxygen atoms in total. The van der Waals surface area contributed by atoms with Crippen molar-refractivity contribution in [3.05, 3.63) is 84.2 Å². The highest BCUT2D eigenvalue weighted by Gasteiger charge is 2.38. The number of pyridine rings is 1. The average molecular weight is 864 g/mol. The molecule has 6 rings (SSSR count). The van der Waals surface area contributed by atoms with Crippen LogP contribution in [0.4, 0.5) is 0 Å². The molecule has 0 aliphatic carbocycles. The summed E-state index contributed by atoms with van der Waals surface area (Å²) in [5.41, 5.74) is 9.44. The molecule has 2 aliphatic heterocycles. The minimum absolute atomic E-state index is 0.0234. The molecule has 2 aliphatic rings. The second kappa shape index (κ2) is 19.5. The van der Waals surface area contributed by atoms with Crippen LogP contribution in [0.1, 0.15) is 64.3 Å². The van der Waals surface area contributed by atoms with Gasteiger partial charge in [0.2, 0.25) is 17.7 Å². The van der Waals surface area contributed by atoms with Crippen molar-refractivity contribution in [2.24, 2.45) is 11.3 Å². The van der Waals surface area contributed by atoms with Crippen molar-refractivity contribution in [2.75, 3.05) is 40.9 Å². The smallest absolute Gasteiger partial charge is 0.324 e. The summed E-state index contributed by atoms with van der Waals surface area (Å²) < 4.78 is 13.9. The highest BCUT2D eigenvalue weighted by molar-refractivity contribution is 5.96. The fraction of sp³-hybridized carbons (Fsp3) is 0.458. The molecule has 1 saturated heterocycles. The van der Waals surface area contributed by atoms with Gasteiger partial charge in [-0.1, -0.05) is 46.4 Å². The number of fused-ring (bicyclic) bond motifs is 6. The first-order valence-corrected chi connectivity index (χ1v) is 21.6. The highest BCUT2D eigenvalue weighted by Crippen LogP contribution is 2.41. The molecule has 2 aromatic heterocycles. The molecular weight excluding hydrogens is 803 g/mol. The minimum atomic E-state index is -1.18. The van der Waals surface area contributed by atoms with Crippen molar-refractivity contribution in [2.45, 2.75) is 91.6 Å². The van der Waals surface area contributed by atoms with Crippen LogP contribution in [0, 0.1) is 11.3 Å². The average Bonchev–Trinajstić information content (AvgIpc) is 3.55. The van der Waals surface area contributed by atoms with E-state index in [0.29, 0.717) is 43.5 Å². The molecule has 4 amide bonds. The second-order valence-electron chi connectivity index (χ2n) is 17.7. The molecule has 3 N–H and O–H groups in total. The number of esters is 1. The Morgan fingerprint density at radius 1 is 1.13 bits per heavy atom. The van der Waals surface area contributed by atoms with Crippen LogP contribution in [-0.4, -0.2) is 118 Å². The second-order valence-corrected chi connectivity index (χ2v) is 17.7. The molecule has 6 bridgehead atoms. The van der Waals surface area contributed by atoms with E-state index in [4.69, 9.17) is 14.5 Å². The number of hydrazine groups is 1. The molecule has 4 aromatic rings. The van der Waals surface area contributed by atoms with Gasteiger partial charge in [-0.25, -0.2) is 5.43 Å². The number of carbonyl (C=O) groups excluding carboxylic acids is 5. The summed E-state index contributed by atoms with van der Waals surface area (Å²) in [4.78, 5) is 75.5. The van der Waals surface area contributed by atoms with Crippen LogP contribution in [0.25, 0.3) is 33.3 Å². The summed E-state index contributed by atoms with van der Waals surface area (Å²) in [6, 6.07) is 12.3. The SMILES string of the molecule is C=CC(=O)N(C)CC(=O)N(C)[C@H](C(=O)N[C@H]1Cc2cc(O)cc(c2)-c2ccc3c(c2)c(c(-c2cccnc2COC)n3CC)CC(C)(C)COC(=O)[C@@H]2CCCN(N2)C1=O)C(C)C. The number of nitrogens with one attached hydrogen (secondary N) is 2. The number of benzene rings is 2. The van der Waals surface area contributed by atoms with Crippen LogP contribution in [0.15, 0.2) is 67.4 Å². The van der Waals surface area contributed by atoms with Gasteiger partial charge in [-0.05, 0) is 96.8 Å². The van der Waals surface area contributed by atoms with Crippen LogP contribution in [0.2, 0.25) is 0 Å². The maximum Gasteiger partial charge on any atom is 0.324 e. The number of hydrogen-bond donors (Lipinski definition) is 3. The summed E-state index contributed by atoms with van der Waals surface area (Å²) >= 11 is 0.